The van der Waals surface area contributed by atoms with E-state index in [-0.39, 0.29) is 6.29 Å². The van der Waals surface area contributed by atoms with E-state index < -0.39 is 0 Å². The molecule has 1 heterocycles. The number of fused-ring (bicyclic) bond motifs is 1. The van der Waals surface area contributed by atoms with Gasteiger partial charge in [0.05, 0.1) is 21.3 Å². The van der Waals surface area contributed by atoms with Crippen molar-refractivity contribution in [2.75, 3.05) is 21.3 Å². The van der Waals surface area contributed by atoms with Gasteiger partial charge in [0, 0.05) is 17.5 Å². The molecule has 0 amide bonds. The first-order valence-corrected chi connectivity index (χ1v) is 18.6. The second kappa shape index (κ2) is 16.8. The first kappa shape index (κ1) is 35.7. The van der Waals surface area contributed by atoms with Crippen molar-refractivity contribution in [3.63, 3.8) is 0 Å². The Morgan fingerprint density at radius 2 is 1.28 bits per heavy atom. The molecule has 269 valence electrons. The van der Waals surface area contributed by atoms with Gasteiger partial charge in [-0.15, -0.1) is 0 Å². The second-order valence-electron chi connectivity index (χ2n) is 13.4. The monoisotopic (exact) mass is 703 g/mol. The topological polar surface area (TPSA) is 46.2 Å². The average Bonchev–Trinajstić information content (AvgIpc) is 3.65. The van der Waals surface area contributed by atoms with Crippen LogP contribution < -0.4 is 23.7 Å². The van der Waals surface area contributed by atoms with Crippen LogP contribution in [0.2, 0.25) is 0 Å². The molecule has 5 heteroatoms. The van der Waals surface area contributed by atoms with Gasteiger partial charge < -0.3 is 23.7 Å². The zero-order valence-electron chi connectivity index (χ0n) is 31.1. The summed E-state index contributed by atoms with van der Waals surface area (Å²) < 4.78 is 29.9. The van der Waals surface area contributed by atoms with Gasteiger partial charge in [-0.05, 0) is 132 Å². The zero-order valence-corrected chi connectivity index (χ0v) is 31.1. The van der Waals surface area contributed by atoms with Crippen LogP contribution in [0.4, 0.5) is 0 Å². The van der Waals surface area contributed by atoms with Crippen LogP contribution in [-0.2, 0) is 38.5 Å². The van der Waals surface area contributed by atoms with Crippen LogP contribution in [0.15, 0.2) is 121 Å². The second-order valence-corrected chi connectivity index (χ2v) is 13.4. The van der Waals surface area contributed by atoms with E-state index in [9.17, 15) is 0 Å². The molecule has 5 nitrogen and oxygen atoms in total. The smallest absolute Gasteiger partial charge is 0.241 e. The van der Waals surface area contributed by atoms with Crippen molar-refractivity contribution in [1.82, 2.24) is 0 Å². The van der Waals surface area contributed by atoms with E-state index in [4.69, 9.17) is 23.7 Å². The van der Waals surface area contributed by atoms with Crippen molar-refractivity contribution in [3.05, 3.63) is 161 Å². The van der Waals surface area contributed by atoms with Gasteiger partial charge in [0.2, 0.25) is 6.29 Å². The van der Waals surface area contributed by atoms with Crippen LogP contribution in [0.3, 0.4) is 0 Å². The first-order chi connectivity index (χ1) is 26.1. The van der Waals surface area contributed by atoms with Gasteiger partial charge in [0.25, 0.3) is 0 Å². The Morgan fingerprint density at radius 3 is 2.06 bits per heavy atom. The first-order valence-electron chi connectivity index (χ1n) is 18.6. The molecule has 0 spiro atoms. The molecular weight excluding hydrogens is 657 g/mol. The highest BCUT2D eigenvalue weighted by atomic mass is 16.7. The fourth-order valence-corrected chi connectivity index (χ4v) is 7.46. The number of hydrogen-bond acceptors (Lipinski definition) is 5. The minimum absolute atomic E-state index is 0.377. The lowest BCUT2D eigenvalue weighted by Crippen LogP contribution is -2.18. The summed E-state index contributed by atoms with van der Waals surface area (Å²) in [5, 5.41) is 0. The molecule has 1 unspecified atom stereocenters. The molecule has 6 aromatic rings. The van der Waals surface area contributed by atoms with E-state index >= 15 is 0 Å². The van der Waals surface area contributed by atoms with Crippen LogP contribution in [0.1, 0.15) is 46.7 Å². The Morgan fingerprint density at radius 1 is 0.566 bits per heavy atom. The van der Waals surface area contributed by atoms with Gasteiger partial charge in [0.15, 0.2) is 11.5 Å². The third-order valence-corrected chi connectivity index (χ3v) is 10.2. The quantitative estimate of drug-likeness (QED) is 0.107. The molecule has 0 fully saturated rings. The van der Waals surface area contributed by atoms with E-state index in [1.807, 2.05) is 30.3 Å². The summed E-state index contributed by atoms with van der Waals surface area (Å²) in [7, 11) is 5.17. The Balaban J connectivity index is 1.27. The van der Waals surface area contributed by atoms with Crippen LogP contribution in [-0.4, -0.2) is 27.6 Å². The molecule has 6 aromatic carbocycles. The molecule has 0 N–H and O–H groups in total. The Bertz CT molecular complexity index is 2140. The molecule has 1 aliphatic rings. The summed E-state index contributed by atoms with van der Waals surface area (Å²) in [6, 6.07) is 45.9. The summed E-state index contributed by atoms with van der Waals surface area (Å²) >= 11 is 0. The molecule has 53 heavy (non-hydrogen) atoms. The number of aryl methyl sites for hydroxylation is 4. The largest absolute Gasteiger partial charge is 0.497 e. The maximum atomic E-state index is 6.62. The van der Waals surface area contributed by atoms with Gasteiger partial charge >= 0.3 is 0 Å². The Hall–Kier alpha value is -5.68. The molecule has 1 radical (unpaired) electrons. The van der Waals surface area contributed by atoms with Crippen LogP contribution in [0, 0.1) is 6.07 Å². The Kier molecular flexibility index (Phi) is 11.3. The summed E-state index contributed by atoms with van der Waals surface area (Å²) in [4.78, 5) is 0. The number of hydrogen-bond donors (Lipinski definition) is 0. The van der Waals surface area contributed by atoms with E-state index in [0.29, 0.717) is 0 Å². The molecule has 0 bridgehead atoms. The molecule has 0 saturated heterocycles. The maximum absolute atomic E-state index is 6.62. The molecule has 7 rings (SSSR count). The lowest BCUT2D eigenvalue weighted by Gasteiger charge is -2.23. The van der Waals surface area contributed by atoms with Crippen molar-refractivity contribution >= 4 is 0 Å². The van der Waals surface area contributed by atoms with Crippen molar-refractivity contribution in [2.45, 2.75) is 58.2 Å². The van der Waals surface area contributed by atoms with Gasteiger partial charge in [-0.1, -0.05) is 85.8 Å². The van der Waals surface area contributed by atoms with Crippen molar-refractivity contribution in [3.8, 4) is 51.0 Å². The van der Waals surface area contributed by atoms with Crippen molar-refractivity contribution in [1.29, 1.82) is 0 Å². The van der Waals surface area contributed by atoms with Gasteiger partial charge in [0.1, 0.15) is 17.2 Å². The SMILES string of the molecule is CCc1c(-c2cccc3c2OC(CCc2cccc(OC)c2)O3)c[c]c(CCc2ccc(OC)cc2)c1-c1cccc(OC)c1CCc1ccccc1. The van der Waals surface area contributed by atoms with Crippen LogP contribution >= 0.6 is 0 Å². The third-order valence-electron chi connectivity index (χ3n) is 10.2. The molecule has 0 aliphatic carbocycles. The summed E-state index contributed by atoms with van der Waals surface area (Å²) in [5.74, 6) is 4.19. The standard InChI is InChI=1S/C48H47O5/c1-5-39-40(43-17-11-19-45-48(43)53-46(52-45)31-24-35-14-9-15-38(32-35)50-3)30-26-36(25-20-34-21-27-37(49-2)28-22-34)47(39)42-16-10-18-44(51-4)41(42)29-23-33-12-7-6-8-13-33/h6-19,21-22,27-28,30,32,46H,5,20,23-25,29,31H2,1-4H3. The van der Waals surface area contributed by atoms with E-state index in [1.165, 1.54) is 44.5 Å². The zero-order chi connectivity index (χ0) is 36.6. The lowest BCUT2D eigenvalue weighted by atomic mass is 9.82. The van der Waals surface area contributed by atoms with Gasteiger partial charge in [-0.2, -0.15) is 0 Å². The number of benzene rings is 6. The summed E-state index contributed by atoms with van der Waals surface area (Å²) in [5.41, 5.74) is 12.0. The average molecular weight is 704 g/mol. The van der Waals surface area contributed by atoms with E-state index in [1.54, 1.807) is 21.3 Å². The maximum Gasteiger partial charge on any atom is 0.241 e. The fraction of sp³-hybridized carbons (Fsp3) is 0.250. The van der Waals surface area contributed by atoms with Crippen molar-refractivity contribution in [2.24, 2.45) is 0 Å². The lowest BCUT2D eigenvalue weighted by molar-refractivity contribution is 0.0425. The van der Waals surface area contributed by atoms with E-state index in [2.05, 4.69) is 104 Å². The fourth-order valence-electron chi connectivity index (χ4n) is 7.46. The third kappa shape index (κ3) is 8.05. The highest BCUT2D eigenvalue weighted by Gasteiger charge is 2.29. The molecule has 1 aliphatic heterocycles. The number of para-hydroxylation sites is 1. The minimum atomic E-state index is -0.377. The van der Waals surface area contributed by atoms with Gasteiger partial charge in [-0.25, -0.2) is 0 Å². The number of rotatable bonds is 15. The normalized spacial score (nSPS) is 13.2. The molecule has 0 saturated carbocycles. The summed E-state index contributed by atoms with van der Waals surface area (Å²) in [6.45, 7) is 2.25. The molecule has 0 aromatic heterocycles. The number of methoxy groups -OCH3 is 3. The highest BCUT2D eigenvalue weighted by molar-refractivity contribution is 5.86. The van der Waals surface area contributed by atoms with Crippen LogP contribution in [0.5, 0.6) is 28.7 Å². The minimum Gasteiger partial charge on any atom is -0.497 e. The Labute approximate surface area is 314 Å². The molecular formula is C48H47O5. The van der Waals surface area contributed by atoms with Crippen molar-refractivity contribution < 1.29 is 23.7 Å². The summed E-state index contributed by atoms with van der Waals surface area (Å²) in [6.07, 6.45) is 5.46. The molecule has 1 atom stereocenters. The highest BCUT2D eigenvalue weighted by Crippen LogP contribution is 2.47. The predicted octanol–water partition coefficient (Wildman–Crippen LogP) is 10.7. The number of ether oxygens (including phenoxy) is 5. The van der Waals surface area contributed by atoms with Crippen LogP contribution in [0.25, 0.3) is 22.3 Å². The predicted molar refractivity (Wildman–Crippen MR) is 213 cm³/mol. The van der Waals surface area contributed by atoms with Gasteiger partial charge in [-0.3, -0.25) is 0 Å². The van der Waals surface area contributed by atoms with E-state index in [0.717, 1.165) is 84.8 Å².